The van der Waals surface area contributed by atoms with E-state index in [0.717, 1.165) is 18.7 Å². The second-order valence-corrected chi connectivity index (χ2v) is 4.51. The molecule has 0 atom stereocenters. The zero-order valence-electron chi connectivity index (χ0n) is 12.2. The Balaban J connectivity index is 3.01. The van der Waals surface area contributed by atoms with E-state index in [9.17, 15) is 5.11 Å². The number of hydrogen-bond donors (Lipinski definition) is 3. The Morgan fingerprint density at radius 3 is 2.37 bits per heavy atom. The number of methoxy groups -OCH3 is 1. The maximum absolute atomic E-state index is 9.59. The minimum atomic E-state index is -0.344. The van der Waals surface area contributed by atoms with Crippen LogP contribution < -0.4 is 10.6 Å². The van der Waals surface area contributed by atoms with Crippen LogP contribution in [0.25, 0.3) is 0 Å². The van der Waals surface area contributed by atoms with E-state index in [1.807, 2.05) is 27.0 Å². The Bertz CT molecular complexity index is 386. The van der Waals surface area contributed by atoms with Crippen LogP contribution in [0.1, 0.15) is 32.5 Å². The van der Waals surface area contributed by atoms with Gasteiger partial charge in [-0.3, -0.25) is 0 Å². The van der Waals surface area contributed by atoms with Crippen molar-refractivity contribution in [2.75, 3.05) is 31.4 Å². The summed E-state index contributed by atoms with van der Waals surface area (Å²) in [5, 5.41) is 15.9. The normalized spacial score (nSPS) is 11.4. The molecule has 0 amide bonds. The molecule has 0 aromatic carbocycles. The highest BCUT2D eigenvalue weighted by molar-refractivity contribution is 5.48. The van der Waals surface area contributed by atoms with Crippen LogP contribution in [0.2, 0.25) is 0 Å². The lowest BCUT2D eigenvalue weighted by Crippen LogP contribution is -2.41. The van der Waals surface area contributed by atoms with Crippen molar-refractivity contribution < 1.29 is 9.84 Å². The van der Waals surface area contributed by atoms with E-state index >= 15 is 0 Å². The molecule has 19 heavy (non-hydrogen) atoms. The fourth-order valence-electron chi connectivity index (χ4n) is 1.84. The highest BCUT2D eigenvalue weighted by Crippen LogP contribution is 2.22. The molecule has 0 unspecified atom stereocenters. The molecular weight excluding hydrogens is 244 g/mol. The zero-order valence-corrected chi connectivity index (χ0v) is 12.2. The van der Waals surface area contributed by atoms with Gasteiger partial charge in [-0.2, -0.15) is 0 Å². The maximum Gasteiger partial charge on any atom is 0.158 e. The van der Waals surface area contributed by atoms with Gasteiger partial charge in [-0.15, -0.1) is 0 Å². The van der Waals surface area contributed by atoms with Gasteiger partial charge >= 0.3 is 0 Å². The maximum atomic E-state index is 9.59. The van der Waals surface area contributed by atoms with Gasteiger partial charge in [-0.25, -0.2) is 9.97 Å². The molecule has 0 saturated heterocycles. The number of hydrogen-bond acceptors (Lipinski definition) is 6. The van der Waals surface area contributed by atoms with E-state index in [1.165, 1.54) is 0 Å². The molecule has 0 aliphatic heterocycles. The molecule has 1 heterocycles. The summed E-state index contributed by atoms with van der Waals surface area (Å²) >= 11 is 0. The molecule has 0 saturated carbocycles. The number of nitrogens with zero attached hydrogens (tertiary/aromatic N) is 2. The second kappa shape index (κ2) is 7.25. The molecule has 1 rings (SSSR count). The van der Waals surface area contributed by atoms with Crippen molar-refractivity contribution in [2.24, 2.45) is 0 Å². The van der Waals surface area contributed by atoms with Gasteiger partial charge in [-0.1, -0.05) is 13.8 Å². The minimum absolute atomic E-state index is 0.0680. The molecule has 1 aromatic heterocycles. The fraction of sp³-hybridized carbons (Fsp3) is 0.692. The third-order valence-corrected chi connectivity index (χ3v) is 3.35. The quantitative estimate of drug-likeness (QED) is 0.665. The summed E-state index contributed by atoms with van der Waals surface area (Å²) in [7, 11) is 3.42. The first-order chi connectivity index (χ1) is 9.12. The Hall–Kier alpha value is -1.40. The van der Waals surface area contributed by atoms with Crippen LogP contribution in [0.3, 0.4) is 0 Å². The summed E-state index contributed by atoms with van der Waals surface area (Å²) in [6.45, 7) is 4.51. The van der Waals surface area contributed by atoms with Crippen LogP contribution in [0.5, 0.6) is 0 Å². The van der Waals surface area contributed by atoms with Crippen LogP contribution in [0.15, 0.2) is 6.07 Å². The van der Waals surface area contributed by atoms with E-state index < -0.39 is 0 Å². The zero-order chi connectivity index (χ0) is 14.3. The van der Waals surface area contributed by atoms with Crippen molar-refractivity contribution in [3.63, 3.8) is 0 Å². The molecule has 0 radical (unpaired) electrons. The lowest BCUT2D eigenvalue weighted by Gasteiger charge is -2.31. The average molecular weight is 268 g/mol. The minimum Gasteiger partial charge on any atom is -0.394 e. The summed E-state index contributed by atoms with van der Waals surface area (Å²) in [4.78, 5) is 8.70. The molecular formula is C13H24N4O2. The largest absolute Gasteiger partial charge is 0.394 e. The van der Waals surface area contributed by atoms with Crippen LogP contribution in [-0.4, -0.2) is 41.4 Å². The highest BCUT2D eigenvalue weighted by Gasteiger charge is 2.25. The summed E-state index contributed by atoms with van der Waals surface area (Å²) < 4.78 is 5.06. The molecule has 0 bridgehead atoms. The smallest absolute Gasteiger partial charge is 0.158 e. The molecule has 6 heteroatoms. The number of rotatable bonds is 8. The van der Waals surface area contributed by atoms with Crippen molar-refractivity contribution in [2.45, 2.75) is 38.8 Å². The third kappa shape index (κ3) is 4.04. The van der Waals surface area contributed by atoms with Crippen molar-refractivity contribution in [3.05, 3.63) is 11.9 Å². The van der Waals surface area contributed by atoms with Gasteiger partial charge in [0.2, 0.25) is 0 Å². The predicted octanol–water partition coefficient (Wildman–Crippen LogP) is 1.63. The van der Waals surface area contributed by atoms with E-state index in [4.69, 9.17) is 4.74 Å². The second-order valence-electron chi connectivity index (χ2n) is 4.51. The number of anilines is 2. The summed E-state index contributed by atoms with van der Waals surface area (Å²) in [5.74, 6) is 2.03. The predicted molar refractivity (Wildman–Crippen MR) is 76.3 cm³/mol. The SMILES string of the molecule is CCC(CC)(CO)Nc1cc(NC)nc(COC)n1. The molecule has 0 aliphatic rings. The van der Waals surface area contributed by atoms with Crippen LogP contribution in [-0.2, 0) is 11.3 Å². The van der Waals surface area contributed by atoms with E-state index in [1.54, 1.807) is 7.11 Å². The first kappa shape index (κ1) is 15.7. The monoisotopic (exact) mass is 268 g/mol. The van der Waals surface area contributed by atoms with Gasteiger partial charge in [0, 0.05) is 20.2 Å². The van der Waals surface area contributed by atoms with Crippen LogP contribution in [0.4, 0.5) is 11.6 Å². The molecule has 108 valence electrons. The standard InChI is InChI=1S/C13H24N4O2/c1-5-13(6-2,9-18)17-11-7-10(14-3)15-12(16-11)8-19-4/h7,18H,5-6,8-9H2,1-4H3,(H2,14,15,16,17). The first-order valence-corrected chi connectivity index (χ1v) is 6.56. The van der Waals surface area contributed by atoms with Crippen molar-refractivity contribution in [1.29, 1.82) is 0 Å². The first-order valence-electron chi connectivity index (χ1n) is 6.56. The number of aromatic nitrogens is 2. The highest BCUT2D eigenvalue weighted by atomic mass is 16.5. The molecule has 1 aromatic rings. The molecule has 0 aliphatic carbocycles. The Morgan fingerprint density at radius 2 is 1.89 bits per heavy atom. The van der Waals surface area contributed by atoms with Crippen molar-refractivity contribution in [1.82, 2.24) is 9.97 Å². The van der Waals surface area contributed by atoms with E-state index in [2.05, 4.69) is 20.6 Å². The van der Waals surface area contributed by atoms with Crippen LogP contribution >= 0.6 is 0 Å². The number of ether oxygens (including phenoxy) is 1. The van der Waals surface area contributed by atoms with Crippen molar-refractivity contribution >= 4 is 11.6 Å². The molecule has 3 N–H and O–H groups in total. The van der Waals surface area contributed by atoms with Gasteiger partial charge < -0.3 is 20.5 Å². The lowest BCUT2D eigenvalue weighted by atomic mass is 9.94. The Labute approximate surface area is 114 Å². The topological polar surface area (TPSA) is 79.3 Å². The molecule has 0 fully saturated rings. The van der Waals surface area contributed by atoms with Gasteiger partial charge in [0.15, 0.2) is 5.82 Å². The fourth-order valence-corrected chi connectivity index (χ4v) is 1.84. The van der Waals surface area contributed by atoms with Gasteiger partial charge in [-0.05, 0) is 12.8 Å². The Kier molecular flexibility index (Phi) is 5.98. The van der Waals surface area contributed by atoms with Crippen molar-refractivity contribution in [3.8, 4) is 0 Å². The molecule has 0 spiro atoms. The molecule has 6 nitrogen and oxygen atoms in total. The summed E-state index contributed by atoms with van der Waals surface area (Å²) in [5.41, 5.74) is -0.344. The third-order valence-electron chi connectivity index (χ3n) is 3.35. The summed E-state index contributed by atoms with van der Waals surface area (Å²) in [6, 6.07) is 1.83. The lowest BCUT2D eigenvalue weighted by molar-refractivity contribution is 0.177. The van der Waals surface area contributed by atoms with E-state index in [0.29, 0.717) is 18.2 Å². The number of aliphatic hydroxyl groups is 1. The average Bonchev–Trinajstić information content (AvgIpc) is 2.45. The number of aliphatic hydroxyl groups excluding tert-OH is 1. The number of nitrogens with one attached hydrogen (secondary N) is 2. The van der Waals surface area contributed by atoms with Crippen LogP contribution in [0, 0.1) is 0 Å². The van der Waals surface area contributed by atoms with E-state index in [-0.39, 0.29) is 12.1 Å². The summed E-state index contributed by atoms with van der Waals surface area (Å²) in [6.07, 6.45) is 1.64. The van der Waals surface area contributed by atoms with Gasteiger partial charge in [0.25, 0.3) is 0 Å². The van der Waals surface area contributed by atoms with Gasteiger partial charge in [0.1, 0.15) is 18.2 Å². The van der Waals surface area contributed by atoms with Gasteiger partial charge in [0.05, 0.1) is 12.1 Å². The Morgan fingerprint density at radius 1 is 1.26 bits per heavy atom.